The van der Waals surface area contributed by atoms with E-state index in [1.165, 1.54) is 11.8 Å². The van der Waals surface area contributed by atoms with Gasteiger partial charge >= 0.3 is 0 Å². The summed E-state index contributed by atoms with van der Waals surface area (Å²) in [5, 5.41) is 5.55. The van der Waals surface area contributed by atoms with Gasteiger partial charge in [-0.15, -0.1) is 11.8 Å². The van der Waals surface area contributed by atoms with Gasteiger partial charge in [0.2, 0.25) is 11.8 Å². The topological polar surface area (TPSA) is 71.1 Å². The Bertz CT molecular complexity index is 724. The number of carbonyl (C=O) groups is 2. The third kappa shape index (κ3) is 3.40. The molecule has 0 aliphatic carbocycles. The fourth-order valence-corrected chi connectivity index (χ4v) is 3.32. The molecule has 0 bridgehead atoms. The molecule has 22 heavy (non-hydrogen) atoms. The molecule has 0 spiro atoms. The molecular formula is C15H12ClN3O2S. The smallest absolute Gasteiger partial charge is 0.238 e. The molecule has 1 aliphatic heterocycles. The largest absolute Gasteiger partial charge is 0.324 e. The molecule has 2 heterocycles. The molecule has 0 saturated heterocycles. The van der Waals surface area contributed by atoms with Crippen LogP contribution in [-0.4, -0.2) is 22.0 Å². The lowest BCUT2D eigenvalue weighted by molar-refractivity contribution is -0.120. The molecule has 0 saturated carbocycles. The first-order chi connectivity index (χ1) is 10.6. The second-order valence-corrected chi connectivity index (χ2v) is 6.38. The van der Waals surface area contributed by atoms with Crippen LogP contribution >= 0.6 is 23.4 Å². The number of benzene rings is 1. The van der Waals surface area contributed by atoms with Gasteiger partial charge in [-0.05, 0) is 30.3 Å². The third-order valence-corrected chi connectivity index (χ3v) is 4.57. The van der Waals surface area contributed by atoms with Crippen LogP contribution in [0.25, 0.3) is 0 Å². The number of carbonyl (C=O) groups excluding carboxylic acids is 2. The summed E-state index contributed by atoms with van der Waals surface area (Å²) < 4.78 is 0. The van der Waals surface area contributed by atoms with E-state index in [0.29, 0.717) is 16.5 Å². The molecule has 1 atom stereocenters. The number of nitrogens with zero attached hydrogens (tertiary/aromatic N) is 1. The highest BCUT2D eigenvalue weighted by atomic mass is 35.5. The van der Waals surface area contributed by atoms with Gasteiger partial charge in [0.05, 0.1) is 10.9 Å². The molecule has 2 aromatic rings. The van der Waals surface area contributed by atoms with Gasteiger partial charge in [0.15, 0.2) is 0 Å². The number of nitrogens with one attached hydrogen (secondary N) is 2. The molecule has 1 aromatic heterocycles. The van der Waals surface area contributed by atoms with Gasteiger partial charge in [0, 0.05) is 22.5 Å². The Morgan fingerprint density at radius 2 is 2.23 bits per heavy atom. The van der Waals surface area contributed by atoms with Gasteiger partial charge in [-0.25, -0.2) is 4.98 Å². The standard InChI is InChI=1S/C15H12ClN3O2S/c16-9-4-5-11-10(7-9)18-15(21)12(22-11)8-14(20)19-13-3-1-2-6-17-13/h1-7,12H,8H2,(H,18,21)(H,17,19,20). The highest BCUT2D eigenvalue weighted by molar-refractivity contribution is 8.01. The second kappa shape index (κ2) is 6.37. The molecule has 2 amide bonds. The van der Waals surface area contributed by atoms with Crippen molar-refractivity contribution in [2.24, 2.45) is 0 Å². The van der Waals surface area contributed by atoms with Crippen LogP contribution in [0.15, 0.2) is 47.5 Å². The summed E-state index contributed by atoms with van der Waals surface area (Å²) >= 11 is 7.26. The van der Waals surface area contributed by atoms with Crippen LogP contribution < -0.4 is 10.6 Å². The highest BCUT2D eigenvalue weighted by Crippen LogP contribution is 2.38. The number of anilines is 2. The maximum absolute atomic E-state index is 12.1. The Morgan fingerprint density at radius 1 is 1.36 bits per heavy atom. The van der Waals surface area contributed by atoms with Gasteiger partial charge < -0.3 is 10.6 Å². The van der Waals surface area contributed by atoms with Crippen molar-refractivity contribution in [2.75, 3.05) is 10.6 Å². The van der Waals surface area contributed by atoms with Crippen LogP contribution in [0.3, 0.4) is 0 Å². The van der Waals surface area contributed by atoms with Crippen molar-refractivity contribution < 1.29 is 9.59 Å². The van der Waals surface area contributed by atoms with E-state index < -0.39 is 5.25 Å². The minimum Gasteiger partial charge on any atom is -0.324 e. The number of amides is 2. The van der Waals surface area contributed by atoms with Crippen LogP contribution in [0.2, 0.25) is 5.02 Å². The van der Waals surface area contributed by atoms with E-state index in [9.17, 15) is 9.59 Å². The molecule has 112 valence electrons. The van der Waals surface area contributed by atoms with Crippen molar-refractivity contribution in [1.29, 1.82) is 0 Å². The van der Waals surface area contributed by atoms with E-state index in [2.05, 4.69) is 15.6 Å². The number of pyridine rings is 1. The van der Waals surface area contributed by atoms with Crippen LogP contribution in [0.5, 0.6) is 0 Å². The van der Waals surface area contributed by atoms with Crippen LogP contribution in [0, 0.1) is 0 Å². The van der Waals surface area contributed by atoms with Crippen molar-refractivity contribution in [3.05, 3.63) is 47.6 Å². The zero-order chi connectivity index (χ0) is 15.5. The van der Waals surface area contributed by atoms with Crippen molar-refractivity contribution in [3.63, 3.8) is 0 Å². The number of hydrogen-bond acceptors (Lipinski definition) is 4. The van der Waals surface area contributed by atoms with E-state index >= 15 is 0 Å². The quantitative estimate of drug-likeness (QED) is 0.905. The van der Waals surface area contributed by atoms with Gasteiger partial charge in [-0.2, -0.15) is 0 Å². The monoisotopic (exact) mass is 333 g/mol. The lowest BCUT2D eigenvalue weighted by Crippen LogP contribution is -2.32. The average molecular weight is 334 g/mol. The summed E-state index contributed by atoms with van der Waals surface area (Å²) in [5.41, 5.74) is 0.684. The lowest BCUT2D eigenvalue weighted by Gasteiger charge is -2.23. The molecule has 5 nitrogen and oxygen atoms in total. The number of halogens is 1. The first-order valence-corrected chi connectivity index (χ1v) is 7.85. The number of hydrogen-bond donors (Lipinski definition) is 2. The van der Waals surface area contributed by atoms with E-state index in [-0.39, 0.29) is 18.2 Å². The Hall–Kier alpha value is -2.05. The Labute approximate surface area is 136 Å². The second-order valence-electron chi connectivity index (χ2n) is 4.70. The first-order valence-electron chi connectivity index (χ1n) is 6.60. The fourth-order valence-electron chi connectivity index (χ4n) is 2.06. The molecule has 1 unspecified atom stereocenters. The zero-order valence-corrected chi connectivity index (χ0v) is 12.9. The molecule has 1 aromatic carbocycles. The van der Waals surface area contributed by atoms with Crippen molar-refractivity contribution in [1.82, 2.24) is 4.98 Å². The summed E-state index contributed by atoms with van der Waals surface area (Å²) in [7, 11) is 0. The molecule has 2 N–H and O–H groups in total. The van der Waals surface area contributed by atoms with E-state index in [0.717, 1.165) is 4.90 Å². The lowest BCUT2D eigenvalue weighted by atomic mass is 10.2. The van der Waals surface area contributed by atoms with Crippen LogP contribution in [0.4, 0.5) is 11.5 Å². The maximum atomic E-state index is 12.1. The van der Waals surface area contributed by atoms with Crippen molar-refractivity contribution in [3.8, 4) is 0 Å². The predicted molar refractivity (Wildman–Crippen MR) is 87.2 cm³/mol. The number of aromatic nitrogens is 1. The third-order valence-electron chi connectivity index (χ3n) is 3.06. The molecule has 3 rings (SSSR count). The van der Waals surface area contributed by atoms with Gasteiger partial charge in [-0.1, -0.05) is 17.7 Å². The minimum atomic E-state index is -0.475. The summed E-state index contributed by atoms with van der Waals surface area (Å²) in [5.74, 6) is 0.0283. The molecule has 0 radical (unpaired) electrons. The summed E-state index contributed by atoms with van der Waals surface area (Å²) in [6, 6.07) is 10.5. The highest BCUT2D eigenvalue weighted by Gasteiger charge is 2.29. The molecule has 0 fully saturated rings. The Balaban J connectivity index is 1.67. The predicted octanol–water partition coefficient (Wildman–Crippen LogP) is 3.18. The zero-order valence-electron chi connectivity index (χ0n) is 11.4. The normalized spacial score (nSPS) is 16.6. The van der Waals surface area contributed by atoms with E-state index in [4.69, 9.17) is 11.6 Å². The van der Waals surface area contributed by atoms with Crippen LogP contribution in [-0.2, 0) is 9.59 Å². The molecule has 7 heteroatoms. The number of rotatable bonds is 3. The van der Waals surface area contributed by atoms with Crippen LogP contribution in [0.1, 0.15) is 6.42 Å². The SMILES string of the molecule is O=C(CC1Sc2ccc(Cl)cc2NC1=O)Nc1ccccn1. The van der Waals surface area contributed by atoms with E-state index in [1.807, 2.05) is 6.07 Å². The fraction of sp³-hybridized carbons (Fsp3) is 0.133. The average Bonchev–Trinajstić information content (AvgIpc) is 2.49. The Kier molecular flexibility index (Phi) is 4.31. The van der Waals surface area contributed by atoms with Gasteiger partial charge in [-0.3, -0.25) is 9.59 Å². The Morgan fingerprint density at radius 3 is 3.00 bits per heavy atom. The van der Waals surface area contributed by atoms with Crippen molar-refractivity contribution >= 4 is 46.7 Å². The van der Waals surface area contributed by atoms with Crippen molar-refractivity contribution in [2.45, 2.75) is 16.6 Å². The summed E-state index contributed by atoms with van der Waals surface area (Å²) in [6.45, 7) is 0. The van der Waals surface area contributed by atoms with Gasteiger partial charge in [0.1, 0.15) is 5.82 Å². The molecule has 1 aliphatic rings. The minimum absolute atomic E-state index is 0.0785. The first kappa shape index (κ1) is 14.9. The number of thioether (sulfide) groups is 1. The van der Waals surface area contributed by atoms with E-state index in [1.54, 1.807) is 36.5 Å². The summed E-state index contributed by atoms with van der Waals surface area (Å²) in [4.78, 5) is 29.0. The molecular weight excluding hydrogens is 322 g/mol. The maximum Gasteiger partial charge on any atom is 0.238 e. The number of fused-ring (bicyclic) bond motifs is 1. The summed E-state index contributed by atoms with van der Waals surface area (Å²) in [6.07, 6.45) is 1.67. The van der Waals surface area contributed by atoms with Gasteiger partial charge in [0.25, 0.3) is 0 Å².